The van der Waals surface area contributed by atoms with Gasteiger partial charge in [-0.3, -0.25) is 19.0 Å². The van der Waals surface area contributed by atoms with Gasteiger partial charge in [0.2, 0.25) is 10.0 Å². The van der Waals surface area contributed by atoms with Crippen molar-refractivity contribution in [2.45, 2.75) is 39.3 Å². The van der Waals surface area contributed by atoms with Gasteiger partial charge in [-0.05, 0) is 57.5 Å². The summed E-state index contributed by atoms with van der Waals surface area (Å²) in [7, 11) is -3.56. The zero-order valence-corrected chi connectivity index (χ0v) is 22.4. The number of esters is 1. The number of sulfonamides is 1. The van der Waals surface area contributed by atoms with Crippen molar-refractivity contribution in [3.05, 3.63) is 43.8 Å². The molecule has 1 aromatic carbocycles. The summed E-state index contributed by atoms with van der Waals surface area (Å²) in [6.45, 7) is 4.93. The van der Waals surface area contributed by atoms with E-state index in [-0.39, 0.29) is 47.3 Å². The number of thiazole rings is 1. The van der Waals surface area contributed by atoms with Crippen LogP contribution in [-0.2, 0) is 26.1 Å². The third-order valence-electron chi connectivity index (χ3n) is 5.91. The first-order valence-electron chi connectivity index (χ1n) is 12.0. The van der Waals surface area contributed by atoms with Crippen LogP contribution in [0.3, 0.4) is 0 Å². The van der Waals surface area contributed by atoms with Crippen molar-refractivity contribution in [1.29, 1.82) is 5.26 Å². The Labute approximate surface area is 219 Å². The first kappa shape index (κ1) is 28.4. The lowest BCUT2D eigenvalue weighted by atomic mass is 10.2. The van der Waals surface area contributed by atoms with Gasteiger partial charge in [-0.25, -0.2) is 13.2 Å². The fourth-order valence-electron chi connectivity index (χ4n) is 4.02. The molecule has 37 heavy (non-hydrogen) atoms. The third-order valence-corrected chi connectivity index (χ3v) is 8.31. The highest BCUT2D eigenvalue weighted by atomic mass is 32.2. The molecule has 1 fully saturated rings. The smallest absolute Gasteiger partial charge is 0.351 e. The minimum Gasteiger partial charge on any atom is -0.462 e. The number of nitrogens with zero attached hydrogens (tertiary/aromatic N) is 3. The number of carbonyl (C=O) groups excluding carboxylic acids is 1. The molecule has 13 heteroatoms. The Morgan fingerprint density at radius 1 is 1.30 bits per heavy atom. The van der Waals surface area contributed by atoms with Crippen LogP contribution in [0.15, 0.2) is 29.1 Å². The van der Waals surface area contributed by atoms with Crippen LogP contribution in [0.2, 0.25) is 0 Å². The maximum Gasteiger partial charge on any atom is 0.351 e. The monoisotopic (exact) mass is 549 g/mol. The van der Waals surface area contributed by atoms with Crippen LogP contribution in [0.4, 0.5) is 11.4 Å². The van der Waals surface area contributed by atoms with Gasteiger partial charge in [-0.1, -0.05) is 0 Å². The van der Waals surface area contributed by atoms with Crippen LogP contribution < -0.4 is 24.8 Å². The predicted octanol–water partition coefficient (Wildman–Crippen LogP) is 0.216. The molecule has 0 saturated carbocycles. The quantitative estimate of drug-likeness (QED) is 0.334. The van der Waals surface area contributed by atoms with E-state index < -0.39 is 16.0 Å². The summed E-state index contributed by atoms with van der Waals surface area (Å²) in [6.07, 6.45) is 3.31. The molecule has 0 bridgehead atoms. The standard InChI is InChI=1S/C24H31N5O6S2/c1-3-29-22(31)21(36-23(29)20(14-25)24(32)35-4-2)15-26-17-7-9-18(10-8-17)27-37(33,34)13-12-28-11-5-6-19(28)16-30/h7-10,15,19,26-27,30H,3-6,11-13,16H2,1-2H3/b21-15+,23-20+. The molecular formula is C24H31N5O6S2. The average molecular weight is 550 g/mol. The largest absolute Gasteiger partial charge is 0.462 e. The molecule has 1 aliphatic heterocycles. The van der Waals surface area contributed by atoms with E-state index in [0.29, 0.717) is 22.5 Å². The summed E-state index contributed by atoms with van der Waals surface area (Å²) < 4.78 is 34.4. The van der Waals surface area contributed by atoms with Crippen LogP contribution in [0.5, 0.6) is 0 Å². The van der Waals surface area contributed by atoms with E-state index in [2.05, 4.69) is 10.0 Å². The van der Waals surface area contributed by atoms with Crippen LogP contribution in [0.25, 0.3) is 11.8 Å². The zero-order valence-electron chi connectivity index (χ0n) is 20.8. The van der Waals surface area contributed by atoms with Crippen LogP contribution in [-0.4, -0.2) is 67.1 Å². The molecule has 0 amide bonds. The summed E-state index contributed by atoms with van der Waals surface area (Å²) in [6, 6.07) is 8.39. The molecule has 0 spiro atoms. The Hall–Kier alpha value is -3.18. The van der Waals surface area contributed by atoms with E-state index in [1.54, 1.807) is 38.1 Å². The topological polar surface area (TPSA) is 154 Å². The van der Waals surface area contributed by atoms with Crippen molar-refractivity contribution in [2.75, 3.05) is 42.1 Å². The summed E-state index contributed by atoms with van der Waals surface area (Å²) in [5, 5.41) is 21.8. The summed E-state index contributed by atoms with van der Waals surface area (Å²) >= 11 is 1.01. The van der Waals surface area contributed by atoms with E-state index in [0.717, 1.165) is 30.7 Å². The van der Waals surface area contributed by atoms with Gasteiger partial charge in [0.25, 0.3) is 5.56 Å². The van der Waals surface area contributed by atoms with Crippen molar-refractivity contribution >= 4 is 50.5 Å². The summed E-state index contributed by atoms with van der Waals surface area (Å²) in [4.78, 5) is 26.9. The van der Waals surface area contributed by atoms with Gasteiger partial charge in [0.15, 0.2) is 5.57 Å². The number of anilines is 2. The highest BCUT2D eigenvalue weighted by molar-refractivity contribution is 7.92. The van der Waals surface area contributed by atoms with E-state index in [1.807, 2.05) is 11.0 Å². The van der Waals surface area contributed by atoms with Crippen molar-refractivity contribution in [3.8, 4) is 6.07 Å². The molecule has 1 aliphatic rings. The lowest BCUT2D eigenvalue weighted by Gasteiger charge is -2.22. The average Bonchev–Trinajstić information content (AvgIpc) is 3.46. The molecule has 1 saturated heterocycles. The van der Waals surface area contributed by atoms with E-state index in [9.17, 15) is 28.4 Å². The predicted molar refractivity (Wildman–Crippen MR) is 143 cm³/mol. The molecule has 2 aromatic rings. The summed E-state index contributed by atoms with van der Waals surface area (Å²) in [5.41, 5.74) is 0.440. The number of benzene rings is 1. The number of hydrogen-bond donors (Lipinski definition) is 3. The molecule has 11 nitrogen and oxygen atoms in total. The fraction of sp³-hybridized carbons (Fsp3) is 0.458. The normalized spacial score (nSPS) is 17.4. The van der Waals surface area contributed by atoms with Crippen molar-refractivity contribution < 1.29 is 23.1 Å². The first-order valence-corrected chi connectivity index (χ1v) is 14.4. The van der Waals surface area contributed by atoms with Gasteiger partial charge in [0.1, 0.15) is 15.3 Å². The number of aliphatic hydroxyl groups is 1. The second-order valence-electron chi connectivity index (χ2n) is 8.33. The molecule has 1 aromatic heterocycles. The molecule has 3 N–H and O–H groups in total. The van der Waals surface area contributed by atoms with Crippen molar-refractivity contribution in [3.63, 3.8) is 0 Å². The second-order valence-corrected chi connectivity index (χ2v) is 11.2. The number of ether oxygens (including phenoxy) is 1. The molecule has 200 valence electrons. The highest BCUT2D eigenvalue weighted by Crippen LogP contribution is 2.18. The van der Waals surface area contributed by atoms with Gasteiger partial charge < -0.3 is 15.2 Å². The van der Waals surface area contributed by atoms with Crippen LogP contribution in [0.1, 0.15) is 26.7 Å². The lowest BCUT2D eigenvalue weighted by molar-refractivity contribution is -0.136. The number of nitriles is 1. The van der Waals surface area contributed by atoms with Crippen LogP contribution >= 0.6 is 11.3 Å². The number of aliphatic hydroxyl groups excluding tert-OH is 1. The van der Waals surface area contributed by atoms with Gasteiger partial charge in [0, 0.05) is 36.7 Å². The maximum atomic E-state index is 12.8. The maximum absolute atomic E-state index is 12.8. The van der Waals surface area contributed by atoms with Crippen LogP contribution in [0, 0.1) is 11.3 Å². The molecule has 1 unspecified atom stereocenters. The summed E-state index contributed by atoms with van der Waals surface area (Å²) in [5.74, 6) is -0.852. The third kappa shape index (κ3) is 7.20. The Morgan fingerprint density at radius 2 is 2.00 bits per heavy atom. The van der Waals surface area contributed by atoms with E-state index >= 15 is 0 Å². The lowest BCUT2D eigenvalue weighted by Crippen LogP contribution is -2.36. The first-order chi connectivity index (χ1) is 17.7. The molecule has 3 rings (SSSR count). The van der Waals surface area contributed by atoms with Gasteiger partial charge >= 0.3 is 5.97 Å². The van der Waals surface area contributed by atoms with Gasteiger partial charge in [-0.15, -0.1) is 11.3 Å². The number of nitrogens with one attached hydrogen (secondary N) is 2. The minimum atomic E-state index is -3.56. The minimum absolute atomic E-state index is 0.0206. The van der Waals surface area contributed by atoms with Crippen molar-refractivity contribution in [2.24, 2.45) is 0 Å². The Kier molecular flexibility index (Phi) is 9.87. The second kappa shape index (κ2) is 12.9. The molecule has 0 radical (unpaired) electrons. The number of aromatic nitrogens is 1. The Morgan fingerprint density at radius 3 is 2.62 bits per heavy atom. The Bertz CT molecular complexity index is 1420. The SMILES string of the molecule is CCOC(=O)/C(C#N)=c1/s/c(=C/Nc2ccc(NS(=O)(=O)CCN3CCCC3CO)cc2)c(=O)n1CC. The van der Waals surface area contributed by atoms with E-state index in [4.69, 9.17) is 4.74 Å². The highest BCUT2D eigenvalue weighted by Gasteiger charge is 2.25. The number of carbonyl (C=O) groups is 1. The molecule has 1 atom stereocenters. The number of rotatable bonds is 11. The molecule has 2 heterocycles. The van der Waals surface area contributed by atoms with Crippen molar-refractivity contribution in [1.82, 2.24) is 9.47 Å². The fourth-order valence-corrected chi connectivity index (χ4v) is 6.17. The molecule has 0 aliphatic carbocycles. The van der Waals surface area contributed by atoms with Gasteiger partial charge in [0.05, 0.1) is 19.0 Å². The number of hydrogen-bond acceptors (Lipinski definition) is 10. The Balaban J connectivity index is 1.72. The zero-order chi connectivity index (χ0) is 27.0. The molecular weight excluding hydrogens is 518 g/mol. The van der Waals surface area contributed by atoms with E-state index in [1.165, 1.54) is 10.8 Å². The number of likely N-dealkylation sites (tertiary alicyclic amines) is 1. The van der Waals surface area contributed by atoms with Gasteiger partial charge in [-0.2, -0.15) is 5.26 Å².